The highest BCUT2D eigenvalue weighted by Gasteiger charge is 2.28. The molecule has 0 spiro atoms. The van der Waals surface area contributed by atoms with Crippen molar-refractivity contribution in [1.29, 1.82) is 0 Å². The van der Waals surface area contributed by atoms with E-state index < -0.39 is 0 Å². The Kier molecular flexibility index (Phi) is 6.88. The number of hydrogen-bond acceptors (Lipinski definition) is 6. The Hall–Kier alpha value is -2.44. The van der Waals surface area contributed by atoms with E-state index in [2.05, 4.69) is 41.0 Å². The number of piperazine rings is 1. The monoisotopic (exact) mass is 426 g/mol. The molecule has 2 aromatic carbocycles. The highest BCUT2D eigenvalue weighted by atomic mass is 16.5. The number of benzene rings is 2. The lowest BCUT2D eigenvalue weighted by Crippen LogP contribution is -2.47. The van der Waals surface area contributed by atoms with Crippen LogP contribution in [0.3, 0.4) is 0 Å². The predicted octanol–water partition coefficient (Wildman–Crippen LogP) is 3.93. The fraction of sp³-hybridized carbons (Fsp3) is 0.520. The van der Waals surface area contributed by atoms with Gasteiger partial charge in [-0.2, -0.15) is 0 Å². The fourth-order valence-electron chi connectivity index (χ4n) is 4.67. The standard InChI is InChI=1S/C25H34N2O4/c1-18-15-19-16-24(29-3)25(30-4)17-22(19)23(31-18)9-10-26-11-13-27(14-12-26)20-5-7-21(28-2)8-6-20/h5-8,16-18,23H,9-15H2,1-4H3/t18-,23-/m0/s1. The van der Waals surface area contributed by atoms with E-state index in [4.69, 9.17) is 18.9 Å². The quantitative estimate of drug-likeness (QED) is 0.669. The largest absolute Gasteiger partial charge is 0.497 e. The minimum Gasteiger partial charge on any atom is -0.497 e. The number of hydrogen-bond donors (Lipinski definition) is 0. The maximum atomic E-state index is 6.34. The normalized spacial score (nSPS) is 21.5. The van der Waals surface area contributed by atoms with Crippen LogP contribution in [0.25, 0.3) is 0 Å². The van der Waals surface area contributed by atoms with Gasteiger partial charge in [0.15, 0.2) is 11.5 Å². The molecular weight excluding hydrogens is 392 g/mol. The van der Waals surface area contributed by atoms with E-state index in [0.29, 0.717) is 0 Å². The van der Waals surface area contributed by atoms with Crippen molar-refractivity contribution in [3.8, 4) is 17.2 Å². The van der Waals surface area contributed by atoms with E-state index in [0.717, 1.165) is 62.8 Å². The first-order valence-electron chi connectivity index (χ1n) is 11.1. The third kappa shape index (κ3) is 4.91. The summed E-state index contributed by atoms with van der Waals surface area (Å²) in [5, 5.41) is 0. The molecule has 0 aromatic heterocycles. The predicted molar refractivity (Wildman–Crippen MR) is 123 cm³/mol. The van der Waals surface area contributed by atoms with Crippen LogP contribution in [0.1, 0.15) is 30.6 Å². The van der Waals surface area contributed by atoms with Gasteiger partial charge < -0.3 is 23.8 Å². The van der Waals surface area contributed by atoms with Crippen LogP contribution in [-0.2, 0) is 11.2 Å². The molecule has 4 rings (SSSR count). The average Bonchev–Trinajstić information content (AvgIpc) is 2.82. The van der Waals surface area contributed by atoms with Gasteiger partial charge in [0.25, 0.3) is 0 Å². The SMILES string of the molecule is COc1ccc(N2CCN(CC[C@@H]3O[C@@H](C)Cc4cc(OC)c(OC)cc43)CC2)cc1. The summed E-state index contributed by atoms with van der Waals surface area (Å²) in [4.78, 5) is 4.99. The van der Waals surface area contributed by atoms with Crippen molar-refractivity contribution in [2.24, 2.45) is 0 Å². The molecule has 168 valence electrons. The Morgan fingerprint density at radius 3 is 2.23 bits per heavy atom. The van der Waals surface area contributed by atoms with Crippen LogP contribution in [-0.4, -0.2) is 65.1 Å². The van der Waals surface area contributed by atoms with Gasteiger partial charge in [0.1, 0.15) is 5.75 Å². The minimum atomic E-state index is 0.0955. The Morgan fingerprint density at radius 1 is 0.903 bits per heavy atom. The molecule has 2 aromatic rings. The van der Waals surface area contributed by atoms with E-state index in [1.165, 1.54) is 16.8 Å². The molecule has 0 N–H and O–H groups in total. The molecule has 1 saturated heterocycles. The summed E-state index contributed by atoms with van der Waals surface area (Å²) in [6.45, 7) is 7.38. The van der Waals surface area contributed by atoms with Gasteiger partial charge in [0, 0.05) is 38.4 Å². The van der Waals surface area contributed by atoms with E-state index in [9.17, 15) is 0 Å². The van der Waals surface area contributed by atoms with Gasteiger partial charge in [-0.05, 0) is 67.3 Å². The highest BCUT2D eigenvalue weighted by molar-refractivity contribution is 5.50. The van der Waals surface area contributed by atoms with Gasteiger partial charge in [-0.15, -0.1) is 0 Å². The number of nitrogens with zero attached hydrogens (tertiary/aromatic N) is 2. The van der Waals surface area contributed by atoms with Gasteiger partial charge >= 0.3 is 0 Å². The van der Waals surface area contributed by atoms with Crippen molar-refractivity contribution in [3.05, 3.63) is 47.5 Å². The van der Waals surface area contributed by atoms with E-state index in [1.54, 1.807) is 21.3 Å². The van der Waals surface area contributed by atoms with Crippen LogP contribution in [0.15, 0.2) is 36.4 Å². The molecule has 6 heteroatoms. The number of ether oxygens (including phenoxy) is 4. The highest BCUT2D eigenvalue weighted by Crippen LogP contribution is 2.39. The van der Waals surface area contributed by atoms with Crippen molar-refractivity contribution in [3.63, 3.8) is 0 Å². The second-order valence-corrected chi connectivity index (χ2v) is 8.36. The molecule has 2 heterocycles. The fourth-order valence-corrected chi connectivity index (χ4v) is 4.67. The van der Waals surface area contributed by atoms with Gasteiger partial charge in [-0.25, -0.2) is 0 Å². The summed E-state index contributed by atoms with van der Waals surface area (Å²) in [6.07, 6.45) is 2.20. The van der Waals surface area contributed by atoms with Crippen molar-refractivity contribution in [2.75, 3.05) is 59.0 Å². The molecule has 2 aliphatic rings. The zero-order valence-corrected chi connectivity index (χ0v) is 19.1. The minimum absolute atomic E-state index is 0.0955. The molecule has 1 fully saturated rings. The first-order chi connectivity index (χ1) is 15.1. The zero-order valence-electron chi connectivity index (χ0n) is 19.1. The maximum absolute atomic E-state index is 6.34. The molecule has 2 atom stereocenters. The molecule has 0 bridgehead atoms. The third-order valence-electron chi connectivity index (χ3n) is 6.41. The number of anilines is 1. The topological polar surface area (TPSA) is 43.4 Å². The molecule has 0 radical (unpaired) electrons. The molecule has 0 aliphatic carbocycles. The van der Waals surface area contributed by atoms with Crippen LogP contribution in [0.4, 0.5) is 5.69 Å². The summed E-state index contributed by atoms with van der Waals surface area (Å²) in [5.41, 5.74) is 3.82. The van der Waals surface area contributed by atoms with Crippen molar-refractivity contribution < 1.29 is 18.9 Å². The Morgan fingerprint density at radius 2 is 1.58 bits per heavy atom. The first-order valence-corrected chi connectivity index (χ1v) is 11.1. The lowest BCUT2D eigenvalue weighted by atomic mass is 9.92. The Balaban J connectivity index is 1.36. The Bertz CT molecular complexity index is 863. The number of methoxy groups -OCH3 is 3. The number of fused-ring (bicyclic) bond motifs is 1. The average molecular weight is 427 g/mol. The first kappa shape index (κ1) is 21.8. The van der Waals surface area contributed by atoms with Crippen LogP contribution in [0, 0.1) is 0 Å². The lowest BCUT2D eigenvalue weighted by molar-refractivity contribution is -0.0244. The summed E-state index contributed by atoms with van der Waals surface area (Å²) >= 11 is 0. The molecule has 6 nitrogen and oxygen atoms in total. The van der Waals surface area contributed by atoms with Crippen LogP contribution in [0.5, 0.6) is 17.2 Å². The summed E-state index contributed by atoms with van der Waals surface area (Å²) in [7, 11) is 5.08. The summed E-state index contributed by atoms with van der Waals surface area (Å²) < 4.78 is 22.7. The van der Waals surface area contributed by atoms with Gasteiger partial charge in [-0.3, -0.25) is 4.90 Å². The van der Waals surface area contributed by atoms with Gasteiger partial charge in [0.2, 0.25) is 0 Å². The second-order valence-electron chi connectivity index (χ2n) is 8.36. The Labute approximate surface area is 185 Å². The van der Waals surface area contributed by atoms with Crippen LogP contribution < -0.4 is 19.1 Å². The van der Waals surface area contributed by atoms with Crippen molar-refractivity contribution in [2.45, 2.75) is 32.0 Å². The molecule has 31 heavy (non-hydrogen) atoms. The third-order valence-corrected chi connectivity index (χ3v) is 6.41. The van der Waals surface area contributed by atoms with E-state index >= 15 is 0 Å². The smallest absolute Gasteiger partial charge is 0.161 e. The molecule has 0 unspecified atom stereocenters. The molecule has 2 aliphatic heterocycles. The molecule has 0 saturated carbocycles. The summed E-state index contributed by atoms with van der Waals surface area (Å²) in [5.74, 6) is 2.47. The van der Waals surface area contributed by atoms with Crippen molar-refractivity contribution in [1.82, 2.24) is 4.90 Å². The van der Waals surface area contributed by atoms with E-state index in [1.807, 2.05) is 12.1 Å². The zero-order chi connectivity index (χ0) is 21.8. The van der Waals surface area contributed by atoms with Crippen LogP contribution in [0.2, 0.25) is 0 Å². The van der Waals surface area contributed by atoms with Gasteiger partial charge in [0.05, 0.1) is 33.5 Å². The van der Waals surface area contributed by atoms with Crippen LogP contribution >= 0.6 is 0 Å². The van der Waals surface area contributed by atoms with Crippen molar-refractivity contribution >= 4 is 5.69 Å². The molecule has 0 amide bonds. The van der Waals surface area contributed by atoms with E-state index in [-0.39, 0.29) is 12.2 Å². The van der Waals surface area contributed by atoms with Gasteiger partial charge in [-0.1, -0.05) is 0 Å². The molecular formula is C25H34N2O4. The second kappa shape index (κ2) is 9.79. The maximum Gasteiger partial charge on any atom is 0.161 e. The summed E-state index contributed by atoms with van der Waals surface area (Å²) in [6, 6.07) is 12.6. The number of rotatable bonds is 7. The lowest BCUT2D eigenvalue weighted by Gasteiger charge is -2.37.